The molecule has 0 aliphatic carbocycles. The van der Waals surface area contributed by atoms with E-state index in [0.717, 1.165) is 64.9 Å². The van der Waals surface area contributed by atoms with Gasteiger partial charge in [0.25, 0.3) is 0 Å². The van der Waals surface area contributed by atoms with Gasteiger partial charge in [-0.2, -0.15) is 0 Å². The maximum Gasteiger partial charge on any atom is 0.191 e. The first-order valence-electron chi connectivity index (χ1n) is 9.78. The number of H-pyrrole nitrogens is 1. The summed E-state index contributed by atoms with van der Waals surface area (Å²) in [5.74, 6) is 2.39. The second-order valence-corrected chi connectivity index (χ2v) is 7.57. The van der Waals surface area contributed by atoms with E-state index in [9.17, 15) is 0 Å². The predicted molar refractivity (Wildman–Crippen MR) is 119 cm³/mol. The smallest absolute Gasteiger partial charge is 0.191 e. The average Bonchev–Trinajstić information content (AvgIpc) is 3.38. The van der Waals surface area contributed by atoms with Crippen LogP contribution in [0.25, 0.3) is 10.9 Å². The molecule has 29 heavy (non-hydrogen) atoms. The number of methoxy groups -OCH3 is 2. The molecule has 0 saturated carbocycles. The van der Waals surface area contributed by atoms with E-state index in [4.69, 9.17) is 9.47 Å². The van der Waals surface area contributed by atoms with Crippen molar-refractivity contribution < 1.29 is 9.47 Å². The van der Waals surface area contributed by atoms with E-state index >= 15 is 0 Å². The number of nitrogens with zero attached hydrogens (tertiary/aromatic N) is 2. The summed E-state index contributed by atoms with van der Waals surface area (Å²) in [5.41, 5.74) is 3.25. The third-order valence-corrected chi connectivity index (χ3v) is 5.70. The highest BCUT2D eigenvalue weighted by atomic mass is 32.1. The van der Waals surface area contributed by atoms with Crippen molar-refractivity contribution in [3.63, 3.8) is 0 Å². The van der Waals surface area contributed by atoms with Crippen LogP contribution < -0.4 is 20.1 Å². The Morgan fingerprint density at radius 3 is 2.76 bits per heavy atom. The minimum absolute atomic E-state index is 0.680. The molecule has 0 aliphatic heterocycles. The van der Waals surface area contributed by atoms with E-state index in [-0.39, 0.29) is 0 Å². The van der Waals surface area contributed by atoms with Crippen LogP contribution in [0.5, 0.6) is 11.5 Å². The number of aliphatic imine (C=N–C) groups is 1. The van der Waals surface area contributed by atoms with Gasteiger partial charge in [0.15, 0.2) is 5.96 Å². The molecule has 0 radical (unpaired) electrons. The Kier molecular flexibility index (Phi) is 7.35. The molecule has 0 amide bonds. The highest BCUT2D eigenvalue weighted by molar-refractivity contribution is 7.09. The SMILES string of the molecule is CCc1nc(CNC(=NC)NCCCc2cc3c(OC)cc(OC)cc3[nH]2)cs1. The van der Waals surface area contributed by atoms with Gasteiger partial charge in [-0.05, 0) is 25.3 Å². The highest BCUT2D eigenvalue weighted by Crippen LogP contribution is 2.31. The average molecular weight is 416 g/mol. The van der Waals surface area contributed by atoms with E-state index in [1.807, 2.05) is 12.1 Å². The first-order chi connectivity index (χ1) is 14.2. The van der Waals surface area contributed by atoms with E-state index in [1.165, 1.54) is 5.69 Å². The van der Waals surface area contributed by atoms with Crippen LogP contribution in [-0.2, 0) is 19.4 Å². The van der Waals surface area contributed by atoms with Gasteiger partial charge in [-0.25, -0.2) is 4.98 Å². The van der Waals surface area contributed by atoms with Crippen molar-refractivity contribution in [3.8, 4) is 11.5 Å². The molecule has 0 bridgehead atoms. The summed E-state index contributed by atoms with van der Waals surface area (Å²) in [6.07, 6.45) is 2.88. The number of benzene rings is 1. The normalized spacial score (nSPS) is 11.7. The Morgan fingerprint density at radius 1 is 1.21 bits per heavy atom. The van der Waals surface area contributed by atoms with Gasteiger partial charge in [-0.3, -0.25) is 4.99 Å². The highest BCUT2D eigenvalue weighted by Gasteiger charge is 2.09. The van der Waals surface area contributed by atoms with E-state index in [1.54, 1.807) is 32.6 Å². The van der Waals surface area contributed by atoms with Crippen molar-refractivity contribution in [1.82, 2.24) is 20.6 Å². The van der Waals surface area contributed by atoms with Crippen LogP contribution in [0.4, 0.5) is 0 Å². The molecule has 3 aromatic rings. The van der Waals surface area contributed by atoms with Crippen molar-refractivity contribution in [3.05, 3.63) is 40.0 Å². The summed E-state index contributed by atoms with van der Waals surface area (Å²) >= 11 is 1.70. The summed E-state index contributed by atoms with van der Waals surface area (Å²) in [6, 6.07) is 6.05. The molecule has 0 saturated heterocycles. The van der Waals surface area contributed by atoms with Crippen LogP contribution in [0, 0.1) is 0 Å². The van der Waals surface area contributed by atoms with Crippen LogP contribution in [0.2, 0.25) is 0 Å². The molecule has 0 atom stereocenters. The van der Waals surface area contributed by atoms with Gasteiger partial charge < -0.3 is 25.1 Å². The van der Waals surface area contributed by atoms with Crippen molar-refractivity contribution in [2.75, 3.05) is 27.8 Å². The first-order valence-corrected chi connectivity index (χ1v) is 10.7. The lowest BCUT2D eigenvalue weighted by atomic mass is 10.2. The van der Waals surface area contributed by atoms with Crippen LogP contribution >= 0.6 is 11.3 Å². The third kappa shape index (κ3) is 5.41. The maximum absolute atomic E-state index is 5.49. The number of hydrogen-bond acceptors (Lipinski definition) is 5. The molecular weight excluding hydrogens is 386 g/mol. The molecule has 3 rings (SSSR count). The number of thiazole rings is 1. The number of rotatable bonds is 9. The van der Waals surface area contributed by atoms with Gasteiger partial charge >= 0.3 is 0 Å². The number of fused-ring (bicyclic) bond motifs is 1. The minimum atomic E-state index is 0.680. The predicted octanol–water partition coefficient (Wildman–Crippen LogP) is 3.50. The monoisotopic (exact) mass is 415 g/mol. The fourth-order valence-electron chi connectivity index (χ4n) is 3.13. The summed E-state index contributed by atoms with van der Waals surface area (Å²) in [7, 11) is 5.12. The maximum atomic E-state index is 5.49. The molecule has 0 fully saturated rings. The van der Waals surface area contributed by atoms with Gasteiger partial charge in [0.2, 0.25) is 0 Å². The zero-order chi connectivity index (χ0) is 20.6. The molecular formula is C21H29N5O2S. The largest absolute Gasteiger partial charge is 0.497 e. The first kappa shape index (κ1) is 21.0. The Balaban J connectivity index is 1.48. The molecule has 0 unspecified atom stereocenters. The number of aromatic amines is 1. The van der Waals surface area contributed by atoms with E-state index in [0.29, 0.717) is 6.54 Å². The zero-order valence-electron chi connectivity index (χ0n) is 17.5. The van der Waals surface area contributed by atoms with Gasteiger partial charge in [0.05, 0.1) is 37.0 Å². The lowest BCUT2D eigenvalue weighted by Gasteiger charge is -2.10. The second kappa shape index (κ2) is 10.2. The lowest BCUT2D eigenvalue weighted by Crippen LogP contribution is -2.37. The summed E-state index contributed by atoms with van der Waals surface area (Å²) < 4.78 is 10.8. The fourth-order valence-corrected chi connectivity index (χ4v) is 3.88. The number of aryl methyl sites for hydroxylation is 2. The third-order valence-electron chi connectivity index (χ3n) is 4.66. The molecule has 7 nitrogen and oxygen atoms in total. The summed E-state index contributed by atoms with van der Waals surface area (Å²) in [5, 5.41) is 11.0. The summed E-state index contributed by atoms with van der Waals surface area (Å²) in [4.78, 5) is 12.3. The van der Waals surface area contributed by atoms with E-state index in [2.05, 4.69) is 44.0 Å². The van der Waals surface area contributed by atoms with E-state index < -0.39 is 0 Å². The molecule has 156 valence electrons. The lowest BCUT2D eigenvalue weighted by molar-refractivity contribution is 0.398. The summed E-state index contributed by atoms with van der Waals surface area (Å²) in [6.45, 7) is 3.63. The molecule has 0 spiro atoms. The van der Waals surface area contributed by atoms with Crippen molar-refractivity contribution in [1.29, 1.82) is 0 Å². The number of aromatic nitrogens is 2. The Bertz CT molecular complexity index is 963. The number of nitrogens with one attached hydrogen (secondary N) is 3. The molecule has 0 aliphatic rings. The standard InChI is InChI=1S/C21H29N5O2S/c1-5-20-26-15(13-29-20)12-24-21(22-2)23-8-6-7-14-9-17-18(25-14)10-16(27-3)11-19(17)28-4/h9-11,13,25H,5-8,12H2,1-4H3,(H2,22,23,24). The second-order valence-electron chi connectivity index (χ2n) is 6.63. The van der Waals surface area contributed by atoms with Crippen molar-refractivity contribution in [2.45, 2.75) is 32.7 Å². The van der Waals surface area contributed by atoms with Crippen LogP contribution in [-0.4, -0.2) is 43.7 Å². The Labute approximate surface area is 175 Å². The number of guanidine groups is 1. The van der Waals surface area contributed by atoms with Crippen LogP contribution in [0.3, 0.4) is 0 Å². The van der Waals surface area contributed by atoms with Crippen molar-refractivity contribution >= 4 is 28.2 Å². The van der Waals surface area contributed by atoms with Gasteiger partial charge in [-0.1, -0.05) is 6.92 Å². The molecule has 1 aromatic carbocycles. The zero-order valence-corrected chi connectivity index (χ0v) is 18.3. The Hall–Kier alpha value is -2.74. The number of hydrogen-bond donors (Lipinski definition) is 3. The molecule has 3 N–H and O–H groups in total. The molecule has 8 heteroatoms. The Morgan fingerprint density at radius 2 is 2.07 bits per heavy atom. The fraction of sp³-hybridized carbons (Fsp3) is 0.429. The van der Waals surface area contributed by atoms with Gasteiger partial charge in [0.1, 0.15) is 11.5 Å². The van der Waals surface area contributed by atoms with Crippen LogP contribution in [0.1, 0.15) is 29.7 Å². The van der Waals surface area contributed by atoms with Gasteiger partial charge in [-0.15, -0.1) is 11.3 Å². The van der Waals surface area contributed by atoms with Gasteiger partial charge in [0, 0.05) is 42.2 Å². The van der Waals surface area contributed by atoms with Crippen LogP contribution in [0.15, 0.2) is 28.6 Å². The minimum Gasteiger partial charge on any atom is -0.497 e. The quantitative estimate of drug-likeness (QED) is 0.283. The molecule has 2 aromatic heterocycles. The van der Waals surface area contributed by atoms with Crippen molar-refractivity contribution in [2.24, 2.45) is 4.99 Å². The number of ether oxygens (including phenoxy) is 2. The molecule has 2 heterocycles. The topological polar surface area (TPSA) is 83.6 Å².